The van der Waals surface area contributed by atoms with Crippen LogP contribution in [0.2, 0.25) is 0 Å². The summed E-state index contributed by atoms with van der Waals surface area (Å²) in [6.07, 6.45) is 17.7. The summed E-state index contributed by atoms with van der Waals surface area (Å²) in [4.78, 5) is 10.3. The minimum absolute atomic E-state index is 0.304. The number of hydrogen-bond donors (Lipinski definition) is 1. The topological polar surface area (TPSA) is 37.3 Å². The lowest BCUT2D eigenvalue weighted by Gasteiger charge is -1.98. The molecule has 116 valence electrons. The number of halogens is 1. The van der Waals surface area contributed by atoms with Gasteiger partial charge in [-0.15, -0.1) is 0 Å². The van der Waals surface area contributed by atoms with E-state index in [1.54, 1.807) is 0 Å². The van der Waals surface area contributed by atoms with Crippen molar-refractivity contribution in [2.75, 3.05) is 0 Å². The third-order valence-electron chi connectivity index (χ3n) is 3.19. The Labute approximate surface area is 128 Å². The molecule has 0 unspecified atom stereocenters. The van der Waals surface area contributed by atoms with Crippen molar-refractivity contribution >= 4 is 17.6 Å². The van der Waals surface area contributed by atoms with Crippen LogP contribution in [0.25, 0.3) is 0 Å². The van der Waals surface area contributed by atoms with Crippen molar-refractivity contribution in [1.29, 1.82) is 0 Å². The normalized spacial score (nSPS) is 12.2. The van der Waals surface area contributed by atoms with Crippen molar-refractivity contribution in [3.8, 4) is 0 Å². The van der Waals surface area contributed by atoms with Gasteiger partial charge < -0.3 is 5.11 Å². The van der Waals surface area contributed by atoms with Crippen molar-refractivity contribution in [2.45, 2.75) is 77.6 Å². The first-order valence-corrected chi connectivity index (χ1v) is 8.28. The maximum atomic E-state index is 10.3. The number of hydrogen-bond acceptors (Lipinski definition) is 1. The number of carboxylic acid groups (broad SMARTS) is 1. The van der Waals surface area contributed by atoms with Gasteiger partial charge in [0.05, 0.1) is 0 Å². The predicted octanol–water partition coefficient (Wildman–Crippen LogP) is 6.06. The molecule has 0 aliphatic rings. The summed E-state index contributed by atoms with van der Waals surface area (Å²) in [7, 11) is 0. The molecule has 0 aromatic carbocycles. The minimum Gasteiger partial charge on any atom is -0.481 e. The lowest BCUT2D eigenvalue weighted by molar-refractivity contribution is -0.137. The van der Waals surface area contributed by atoms with Gasteiger partial charge in [-0.2, -0.15) is 0 Å². The molecule has 3 heteroatoms. The molecule has 2 nitrogen and oxygen atoms in total. The second-order valence-electron chi connectivity index (χ2n) is 5.19. The van der Waals surface area contributed by atoms with Crippen LogP contribution in [0, 0.1) is 0 Å². The highest BCUT2D eigenvalue weighted by atomic mass is 35.5. The Morgan fingerprint density at radius 3 is 2.35 bits per heavy atom. The standard InChI is InChI=1S/C17H29ClO2/c1-2-3-4-10-13-16(18)14-11-8-6-5-7-9-12-15-17(19)20/h11,13-14H,2-10,12,15H2,1H3,(H,19,20)/b14-11+,16-13?. The van der Waals surface area contributed by atoms with E-state index in [4.69, 9.17) is 16.7 Å². The van der Waals surface area contributed by atoms with Crippen LogP contribution in [0.3, 0.4) is 0 Å². The van der Waals surface area contributed by atoms with Gasteiger partial charge in [0.25, 0.3) is 0 Å². The van der Waals surface area contributed by atoms with E-state index in [0.717, 1.165) is 43.6 Å². The van der Waals surface area contributed by atoms with E-state index in [1.165, 1.54) is 25.7 Å². The second-order valence-corrected chi connectivity index (χ2v) is 5.62. The molecule has 0 saturated heterocycles. The Morgan fingerprint density at radius 1 is 1.00 bits per heavy atom. The number of unbranched alkanes of at least 4 members (excludes halogenated alkanes) is 8. The van der Waals surface area contributed by atoms with Gasteiger partial charge in [-0.05, 0) is 38.2 Å². The lowest BCUT2D eigenvalue weighted by atomic mass is 10.1. The average Bonchev–Trinajstić information content (AvgIpc) is 2.41. The second kappa shape index (κ2) is 14.6. The quantitative estimate of drug-likeness (QED) is 0.331. The van der Waals surface area contributed by atoms with E-state index in [2.05, 4.69) is 19.1 Å². The Morgan fingerprint density at radius 2 is 1.65 bits per heavy atom. The van der Waals surface area contributed by atoms with E-state index < -0.39 is 5.97 Å². The van der Waals surface area contributed by atoms with Crippen molar-refractivity contribution in [2.24, 2.45) is 0 Å². The highest BCUT2D eigenvalue weighted by molar-refractivity contribution is 6.31. The first-order chi connectivity index (χ1) is 9.66. The van der Waals surface area contributed by atoms with Crippen LogP contribution in [-0.2, 0) is 4.79 Å². The molecule has 1 N–H and O–H groups in total. The van der Waals surface area contributed by atoms with Crippen LogP contribution in [0.5, 0.6) is 0 Å². The fraction of sp³-hybridized carbons (Fsp3) is 0.706. The maximum absolute atomic E-state index is 10.3. The molecule has 0 atom stereocenters. The summed E-state index contributed by atoms with van der Waals surface area (Å²) in [5.41, 5.74) is 0. The molecule has 0 amide bonds. The van der Waals surface area contributed by atoms with Crippen LogP contribution >= 0.6 is 11.6 Å². The van der Waals surface area contributed by atoms with Crippen LogP contribution in [0.4, 0.5) is 0 Å². The molecular formula is C17H29ClO2. The number of aliphatic carboxylic acids is 1. The zero-order valence-corrected chi connectivity index (χ0v) is 13.5. The molecule has 0 radical (unpaired) electrons. The van der Waals surface area contributed by atoms with E-state index >= 15 is 0 Å². The van der Waals surface area contributed by atoms with Crippen LogP contribution in [0.15, 0.2) is 23.3 Å². The third kappa shape index (κ3) is 15.3. The number of carboxylic acids is 1. The zero-order valence-electron chi connectivity index (χ0n) is 12.7. The highest BCUT2D eigenvalue weighted by Crippen LogP contribution is 2.11. The van der Waals surface area contributed by atoms with Gasteiger partial charge in [0, 0.05) is 11.5 Å². The summed E-state index contributed by atoms with van der Waals surface area (Å²) >= 11 is 6.09. The van der Waals surface area contributed by atoms with Crippen LogP contribution < -0.4 is 0 Å². The molecule has 0 bridgehead atoms. The molecule has 0 rings (SSSR count). The largest absolute Gasteiger partial charge is 0.481 e. The van der Waals surface area contributed by atoms with E-state index in [1.807, 2.05) is 6.08 Å². The molecule has 0 aromatic heterocycles. The summed E-state index contributed by atoms with van der Waals surface area (Å²) < 4.78 is 0. The van der Waals surface area contributed by atoms with Gasteiger partial charge in [-0.25, -0.2) is 0 Å². The summed E-state index contributed by atoms with van der Waals surface area (Å²) in [6.45, 7) is 2.20. The first-order valence-electron chi connectivity index (χ1n) is 7.90. The fourth-order valence-electron chi connectivity index (χ4n) is 1.97. The van der Waals surface area contributed by atoms with Gasteiger partial charge in [0.1, 0.15) is 0 Å². The van der Waals surface area contributed by atoms with Gasteiger partial charge in [-0.3, -0.25) is 4.79 Å². The van der Waals surface area contributed by atoms with Gasteiger partial charge in [-0.1, -0.05) is 62.8 Å². The molecule has 0 spiro atoms. The average molecular weight is 301 g/mol. The van der Waals surface area contributed by atoms with Crippen LogP contribution in [-0.4, -0.2) is 11.1 Å². The minimum atomic E-state index is -0.687. The number of rotatable bonds is 13. The van der Waals surface area contributed by atoms with Gasteiger partial charge in [0.15, 0.2) is 0 Å². The number of carbonyl (C=O) groups is 1. The summed E-state index contributed by atoms with van der Waals surface area (Å²) in [6, 6.07) is 0. The van der Waals surface area contributed by atoms with Crippen molar-refractivity contribution in [1.82, 2.24) is 0 Å². The highest BCUT2D eigenvalue weighted by Gasteiger charge is 1.95. The van der Waals surface area contributed by atoms with Crippen molar-refractivity contribution in [3.05, 3.63) is 23.3 Å². The Bertz CT molecular complexity index is 295. The van der Waals surface area contributed by atoms with E-state index in [0.29, 0.717) is 6.42 Å². The molecule has 0 heterocycles. The SMILES string of the molecule is CCCCCC=C(Cl)/C=C/CCCCCCCC(=O)O. The molecule has 0 fully saturated rings. The Kier molecular flexibility index (Phi) is 14.1. The smallest absolute Gasteiger partial charge is 0.303 e. The number of allylic oxidation sites excluding steroid dienone is 4. The van der Waals surface area contributed by atoms with Gasteiger partial charge in [0.2, 0.25) is 0 Å². The van der Waals surface area contributed by atoms with E-state index in [-0.39, 0.29) is 0 Å². The Balaban J connectivity index is 3.40. The molecule has 0 aromatic rings. The lowest BCUT2D eigenvalue weighted by Crippen LogP contribution is -1.93. The zero-order chi connectivity index (χ0) is 15.1. The maximum Gasteiger partial charge on any atom is 0.303 e. The van der Waals surface area contributed by atoms with E-state index in [9.17, 15) is 4.79 Å². The van der Waals surface area contributed by atoms with Crippen molar-refractivity contribution in [3.63, 3.8) is 0 Å². The van der Waals surface area contributed by atoms with Gasteiger partial charge >= 0.3 is 5.97 Å². The molecular weight excluding hydrogens is 272 g/mol. The summed E-state index contributed by atoms with van der Waals surface area (Å²) in [5, 5.41) is 9.35. The Hall–Kier alpha value is -0.760. The third-order valence-corrected chi connectivity index (χ3v) is 3.47. The fourth-order valence-corrected chi connectivity index (χ4v) is 2.17. The first kappa shape index (κ1) is 19.2. The predicted molar refractivity (Wildman–Crippen MR) is 87.2 cm³/mol. The van der Waals surface area contributed by atoms with Crippen molar-refractivity contribution < 1.29 is 9.90 Å². The molecule has 0 aliphatic heterocycles. The molecule has 0 saturated carbocycles. The molecule has 0 aliphatic carbocycles. The monoisotopic (exact) mass is 300 g/mol. The van der Waals surface area contributed by atoms with Crippen LogP contribution in [0.1, 0.15) is 77.6 Å². The summed E-state index contributed by atoms with van der Waals surface area (Å²) in [5.74, 6) is -0.687. The molecule has 20 heavy (non-hydrogen) atoms.